The van der Waals surface area contributed by atoms with Crippen LogP contribution in [-0.2, 0) is 11.3 Å². The lowest BCUT2D eigenvalue weighted by Gasteiger charge is -2.33. The molecule has 2 aromatic rings. The molecule has 3 rings (SSSR count). The summed E-state index contributed by atoms with van der Waals surface area (Å²) in [4.78, 5) is 6.97. The van der Waals surface area contributed by atoms with Gasteiger partial charge in [-0.3, -0.25) is 0 Å². The van der Waals surface area contributed by atoms with E-state index in [-0.39, 0.29) is 6.61 Å². The van der Waals surface area contributed by atoms with Gasteiger partial charge in [0.25, 0.3) is 0 Å². The van der Waals surface area contributed by atoms with E-state index in [9.17, 15) is 5.11 Å². The maximum absolute atomic E-state index is 9.43. The molecule has 21 heavy (non-hydrogen) atoms. The van der Waals surface area contributed by atoms with Gasteiger partial charge in [0, 0.05) is 25.1 Å². The molecule has 1 aromatic heterocycles. The highest BCUT2D eigenvalue weighted by atomic mass is 16.5. The highest BCUT2D eigenvalue weighted by molar-refractivity contribution is 5.92. The van der Waals surface area contributed by atoms with Crippen LogP contribution in [0, 0.1) is 0 Å². The lowest BCUT2D eigenvalue weighted by atomic mass is 10.1. The smallest absolute Gasteiger partial charge is 0.136 e. The van der Waals surface area contributed by atoms with Crippen LogP contribution in [0.3, 0.4) is 0 Å². The summed E-state index contributed by atoms with van der Waals surface area (Å²) in [5.74, 6) is 0.993. The summed E-state index contributed by atoms with van der Waals surface area (Å²) in [7, 11) is 0. The van der Waals surface area contributed by atoms with E-state index in [2.05, 4.69) is 22.0 Å². The molecular formula is C17H22N2O2. The first-order valence-electron chi connectivity index (χ1n) is 7.68. The highest BCUT2D eigenvalue weighted by Gasteiger charge is 2.22. The SMILES string of the molecule is CCOC1CCN(c2nc(CO)cc3ccccc23)CC1. The predicted octanol–water partition coefficient (Wildman–Crippen LogP) is 2.73. The highest BCUT2D eigenvalue weighted by Crippen LogP contribution is 2.28. The molecule has 1 N–H and O–H groups in total. The van der Waals surface area contributed by atoms with Crippen LogP contribution in [0.15, 0.2) is 30.3 Å². The van der Waals surface area contributed by atoms with E-state index in [1.807, 2.05) is 25.1 Å². The molecule has 112 valence electrons. The van der Waals surface area contributed by atoms with Gasteiger partial charge in [0.1, 0.15) is 5.82 Å². The summed E-state index contributed by atoms with van der Waals surface area (Å²) in [6.45, 7) is 4.72. The zero-order valence-electron chi connectivity index (χ0n) is 12.5. The van der Waals surface area contributed by atoms with Crippen LogP contribution >= 0.6 is 0 Å². The van der Waals surface area contributed by atoms with Gasteiger partial charge in [-0.1, -0.05) is 24.3 Å². The molecule has 0 saturated carbocycles. The molecule has 0 spiro atoms. The quantitative estimate of drug-likeness (QED) is 0.938. The van der Waals surface area contributed by atoms with Crippen molar-refractivity contribution in [2.24, 2.45) is 0 Å². The van der Waals surface area contributed by atoms with Crippen molar-refractivity contribution in [3.05, 3.63) is 36.0 Å². The molecule has 0 bridgehead atoms. The number of piperidine rings is 1. The van der Waals surface area contributed by atoms with Crippen LogP contribution in [0.1, 0.15) is 25.5 Å². The lowest BCUT2D eigenvalue weighted by molar-refractivity contribution is 0.0458. The lowest BCUT2D eigenvalue weighted by Crippen LogP contribution is -2.37. The Balaban J connectivity index is 1.89. The fourth-order valence-electron chi connectivity index (χ4n) is 3.03. The van der Waals surface area contributed by atoms with Gasteiger partial charge in [-0.25, -0.2) is 4.98 Å². The first-order valence-corrected chi connectivity index (χ1v) is 7.68. The van der Waals surface area contributed by atoms with Gasteiger partial charge in [0.2, 0.25) is 0 Å². The monoisotopic (exact) mass is 286 g/mol. The van der Waals surface area contributed by atoms with E-state index in [0.29, 0.717) is 6.10 Å². The maximum Gasteiger partial charge on any atom is 0.136 e. The number of anilines is 1. The van der Waals surface area contributed by atoms with E-state index in [1.165, 1.54) is 0 Å². The summed E-state index contributed by atoms with van der Waals surface area (Å²) >= 11 is 0. The van der Waals surface area contributed by atoms with Crippen molar-refractivity contribution in [2.45, 2.75) is 32.5 Å². The van der Waals surface area contributed by atoms with Crippen molar-refractivity contribution >= 4 is 16.6 Å². The van der Waals surface area contributed by atoms with Gasteiger partial charge < -0.3 is 14.7 Å². The molecule has 1 aliphatic rings. The first-order chi connectivity index (χ1) is 10.3. The Labute approximate surface area is 125 Å². The minimum absolute atomic E-state index is 0.0206. The van der Waals surface area contributed by atoms with Gasteiger partial charge in [0.15, 0.2) is 0 Å². The summed E-state index contributed by atoms with van der Waals surface area (Å²) in [6, 6.07) is 10.2. The molecule has 0 amide bonds. The van der Waals surface area contributed by atoms with Crippen molar-refractivity contribution < 1.29 is 9.84 Å². The minimum atomic E-state index is -0.0206. The van der Waals surface area contributed by atoms with Crippen LogP contribution in [0.5, 0.6) is 0 Å². The zero-order chi connectivity index (χ0) is 14.7. The number of hydrogen-bond donors (Lipinski definition) is 1. The second kappa shape index (κ2) is 6.41. The Morgan fingerprint density at radius 3 is 2.76 bits per heavy atom. The largest absolute Gasteiger partial charge is 0.390 e. The summed E-state index contributed by atoms with van der Waals surface area (Å²) < 4.78 is 5.71. The van der Waals surface area contributed by atoms with Gasteiger partial charge in [-0.2, -0.15) is 0 Å². The zero-order valence-corrected chi connectivity index (χ0v) is 12.5. The molecule has 4 heteroatoms. The summed E-state index contributed by atoms with van der Waals surface area (Å²) in [5.41, 5.74) is 0.732. The van der Waals surface area contributed by atoms with Gasteiger partial charge in [-0.15, -0.1) is 0 Å². The average Bonchev–Trinajstić information content (AvgIpc) is 2.55. The van der Waals surface area contributed by atoms with E-state index < -0.39 is 0 Å². The van der Waals surface area contributed by atoms with Crippen LogP contribution < -0.4 is 4.90 Å². The molecule has 4 nitrogen and oxygen atoms in total. The first kappa shape index (κ1) is 14.3. The van der Waals surface area contributed by atoms with Crippen molar-refractivity contribution in [3.63, 3.8) is 0 Å². The minimum Gasteiger partial charge on any atom is -0.390 e. The fraction of sp³-hybridized carbons (Fsp3) is 0.471. The van der Waals surface area contributed by atoms with Crippen LogP contribution in [0.2, 0.25) is 0 Å². The molecule has 1 aliphatic heterocycles. The molecular weight excluding hydrogens is 264 g/mol. The van der Waals surface area contributed by atoms with Crippen LogP contribution in [-0.4, -0.2) is 35.9 Å². The number of aliphatic hydroxyl groups excluding tert-OH is 1. The molecule has 0 radical (unpaired) electrons. The standard InChI is InChI=1S/C17H22N2O2/c1-2-21-15-7-9-19(10-8-15)17-16-6-4-3-5-13(16)11-14(12-20)18-17/h3-6,11,15,20H,2,7-10,12H2,1H3. The molecule has 1 saturated heterocycles. The van der Waals surface area contributed by atoms with Crippen molar-refractivity contribution in [1.29, 1.82) is 0 Å². The number of benzene rings is 1. The Hall–Kier alpha value is -1.65. The van der Waals surface area contributed by atoms with E-state index in [4.69, 9.17) is 4.74 Å². The van der Waals surface area contributed by atoms with Gasteiger partial charge >= 0.3 is 0 Å². The molecule has 2 heterocycles. The average molecular weight is 286 g/mol. The second-order valence-electron chi connectivity index (χ2n) is 5.46. The molecule has 0 unspecified atom stereocenters. The third-order valence-electron chi connectivity index (χ3n) is 4.08. The van der Waals surface area contributed by atoms with Crippen LogP contribution in [0.4, 0.5) is 5.82 Å². The number of nitrogens with zero attached hydrogens (tertiary/aromatic N) is 2. The van der Waals surface area contributed by atoms with E-state index >= 15 is 0 Å². The maximum atomic E-state index is 9.43. The summed E-state index contributed by atoms with van der Waals surface area (Å²) in [6.07, 6.45) is 2.44. The molecule has 1 aromatic carbocycles. The van der Waals surface area contributed by atoms with Crippen molar-refractivity contribution in [1.82, 2.24) is 4.98 Å². The number of ether oxygens (including phenoxy) is 1. The number of hydrogen-bond acceptors (Lipinski definition) is 4. The normalized spacial score (nSPS) is 16.6. The number of aliphatic hydroxyl groups is 1. The Morgan fingerprint density at radius 2 is 2.05 bits per heavy atom. The summed E-state index contributed by atoms with van der Waals surface area (Å²) in [5, 5.41) is 11.7. The Morgan fingerprint density at radius 1 is 1.29 bits per heavy atom. The third kappa shape index (κ3) is 3.01. The van der Waals surface area contributed by atoms with Gasteiger partial charge in [-0.05, 0) is 31.2 Å². The van der Waals surface area contributed by atoms with Crippen molar-refractivity contribution in [2.75, 3.05) is 24.6 Å². The predicted molar refractivity (Wildman–Crippen MR) is 84.5 cm³/mol. The van der Waals surface area contributed by atoms with Gasteiger partial charge in [0.05, 0.1) is 18.4 Å². The fourth-order valence-corrected chi connectivity index (χ4v) is 3.03. The molecule has 0 atom stereocenters. The Kier molecular flexibility index (Phi) is 4.36. The Bertz CT molecular complexity index is 607. The number of rotatable bonds is 4. The number of pyridine rings is 1. The topological polar surface area (TPSA) is 45.6 Å². The number of aromatic nitrogens is 1. The third-order valence-corrected chi connectivity index (χ3v) is 4.08. The number of fused-ring (bicyclic) bond motifs is 1. The molecule has 1 fully saturated rings. The second-order valence-corrected chi connectivity index (χ2v) is 5.46. The van der Waals surface area contributed by atoms with E-state index in [1.54, 1.807) is 0 Å². The van der Waals surface area contributed by atoms with Crippen molar-refractivity contribution in [3.8, 4) is 0 Å². The van der Waals surface area contributed by atoms with Crippen LogP contribution in [0.25, 0.3) is 10.8 Å². The molecule has 0 aliphatic carbocycles. The van der Waals surface area contributed by atoms with E-state index in [0.717, 1.165) is 54.8 Å².